The van der Waals surface area contributed by atoms with Crippen molar-refractivity contribution < 1.29 is 4.79 Å². The summed E-state index contributed by atoms with van der Waals surface area (Å²) >= 11 is 6.17. The number of carbonyl (C=O) groups is 1. The molecular weight excluding hydrogens is 246 g/mol. The molecule has 1 atom stereocenters. The Morgan fingerprint density at radius 2 is 1.94 bits per heavy atom. The molecule has 1 aliphatic carbocycles. The lowest BCUT2D eigenvalue weighted by Crippen LogP contribution is -2.42. The van der Waals surface area contributed by atoms with Crippen molar-refractivity contribution in [3.8, 4) is 0 Å². The number of amides is 1. The summed E-state index contributed by atoms with van der Waals surface area (Å²) in [5.41, 5.74) is -0.100. The molecule has 0 radical (unpaired) electrons. The molecule has 0 aliphatic heterocycles. The monoisotopic (exact) mass is 273 g/mol. The van der Waals surface area contributed by atoms with Gasteiger partial charge in [0.05, 0.1) is 5.38 Å². The van der Waals surface area contributed by atoms with Gasteiger partial charge in [0.15, 0.2) is 0 Å². The highest BCUT2D eigenvalue weighted by Gasteiger charge is 2.41. The first kappa shape index (κ1) is 15.8. The van der Waals surface area contributed by atoms with Gasteiger partial charge in [0.1, 0.15) is 0 Å². The molecule has 0 saturated heterocycles. The van der Waals surface area contributed by atoms with E-state index in [0.717, 1.165) is 32.1 Å². The fraction of sp³-hybridized carbons (Fsp3) is 0.933. The van der Waals surface area contributed by atoms with E-state index < -0.39 is 0 Å². The average Bonchev–Trinajstić information content (AvgIpc) is 2.75. The van der Waals surface area contributed by atoms with Crippen LogP contribution in [-0.2, 0) is 4.79 Å². The van der Waals surface area contributed by atoms with Crippen molar-refractivity contribution in [3.63, 3.8) is 0 Å². The molecule has 0 aromatic heterocycles. The van der Waals surface area contributed by atoms with Crippen LogP contribution in [0.4, 0.5) is 0 Å². The molecule has 0 aromatic carbocycles. The van der Waals surface area contributed by atoms with Crippen LogP contribution in [-0.4, -0.2) is 17.8 Å². The molecule has 1 unspecified atom stereocenters. The Morgan fingerprint density at radius 1 is 1.33 bits per heavy atom. The Morgan fingerprint density at radius 3 is 2.44 bits per heavy atom. The fourth-order valence-corrected chi connectivity index (χ4v) is 3.46. The van der Waals surface area contributed by atoms with Gasteiger partial charge >= 0.3 is 0 Å². The quantitative estimate of drug-likeness (QED) is 0.695. The molecule has 0 aromatic rings. The summed E-state index contributed by atoms with van der Waals surface area (Å²) in [5, 5.41) is 3.16. The van der Waals surface area contributed by atoms with Gasteiger partial charge in [-0.15, -0.1) is 11.6 Å². The highest BCUT2D eigenvalue weighted by atomic mass is 35.5. The minimum absolute atomic E-state index is 0.0800. The number of alkyl halides is 1. The first-order chi connectivity index (χ1) is 8.50. The third kappa shape index (κ3) is 4.46. The number of nitrogens with one attached hydrogen (secondary N) is 1. The van der Waals surface area contributed by atoms with Crippen LogP contribution in [0.15, 0.2) is 0 Å². The smallest absolute Gasteiger partial charge is 0.226 e. The van der Waals surface area contributed by atoms with E-state index in [0.29, 0.717) is 12.5 Å². The summed E-state index contributed by atoms with van der Waals surface area (Å²) in [5.74, 6) is 0.826. The number of hydrogen-bond donors (Lipinski definition) is 1. The normalized spacial score (nSPS) is 20.1. The Hall–Kier alpha value is -0.240. The molecule has 0 bridgehead atoms. The number of rotatable bonds is 7. The predicted octanol–water partition coefficient (Wildman–Crippen LogP) is 4.12. The second-order valence-corrected chi connectivity index (χ2v) is 6.80. The van der Waals surface area contributed by atoms with E-state index in [4.69, 9.17) is 11.6 Å². The van der Waals surface area contributed by atoms with Gasteiger partial charge < -0.3 is 5.32 Å². The molecule has 1 amide bonds. The molecule has 1 N–H and O–H groups in total. The first-order valence-electron chi connectivity index (χ1n) is 7.42. The summed E-state index contributed by atoms with van der Waals surface area (Å²) in [6.45, 7) is 7.14. The molecule has 1 aliphatic rings. The maximum atomic E-state index is 12.4. The van der Waals surface area contributed by atoms with E-state index in [1.165, 1.54) is 12.8 Å². The van der Waals surface area contributed by atoms with Gasteiger partial charge in [0.25, 0.3) is 0 Å². The predicted molar refractivity (Wildman–Crippen MR) is 77.9 cm³/mol. The lowest BCUT2D eigenvalue weighted by molar-refractivity contribution is -0.131. The van der Waals surface area contributed by atoms with Crippen molar-refractivity contribution in [2.24, 2.45) is 11.3 Å². The summed E-state index contributed by atoms with van der Waals surface area (Å²) < 4.78 is 0. The van der Waals surface area contributed by atoms with Crippen LogP contribution < -0.4 is 5.32 Å². The molecule has 3 heteroatoms. The van der Waals surface area contributed by atoms with E-state index >= 15 is 0 Å². The molecule has 1 fully saturated rings. The Labute approximate surface area is 117 Å². The number of carbonyl (C=O) groups excluding carboxylic acids is 1. The maximum absolute atomic E-state index is 12.4. The van der Waals surface area contributed by atoms with Crippen LogP contribution in [0.2, 0.25) is 0 Å². The topological polar surface area (TPSA) is 29.1 Å². The standard InChI is InChI=1S/C15H28ClNO/c1-4-7-13(16)11-17-14(18)15(10-12(2)3)8-5-6-9-15/h12-13H,4-11H2,1-3H3,(H,17,18). The number of halogens is 1. The third-order valence-corrected chi connectivity index (χ3v) is 4.30. The van der Waals surface area contributed by atoms with Gasteiger partial charge in [-0.05, 0) is 31.6 Å². The second-order valence-electron chi connectivity index (χ2n) is 6.18. The van der Waals surface area contributed by atoms with Crippen LogP contribution in [0.1, 0.15) is 65.7 Å². The van der Waals surface area contributed by atoms with Gasteiger partial charge in [-0.1, -0.05) is 40.0 Å². The van der Waals surface area contributed by atoms with Gasteiger partial charge in [0, 0.05) is 12.0 Å². The maximum Gasteiger partial charge on any atom is 0.226 e. The average molecular weight is 274 g/mol. The summed E-state index contributed by atoms with van der Waals surface area (Å²) in [7, 11) is 0. The van der Waals surface area contributed by atoms with Crippen molar-refractivity contribution in [1.29, 1.82) is 0 Å². The summed E-state index contributed by atoms with van der Waals surface area (Å²) in [6.07, 6.45) is 7.55. The van der Waals surface area contributed by atoms with Gasteiger partial charge in [-0.25, -0.2) is 0 Å². The number of hydrogen-bond acceptors (Lipinski definition) is 1. The van der Waals surface area contributed by atoms with Crippen LogP contribution in [0, 0.1) is 11.3 Å². The first-order valence-corrected chi connectivity index (χ1v) is 7.86. The molecule has 1 rings (SSSR count). The van der Waals surface area contributed by atoms with Gasteiger partial charge in [0.2, 0.25) is 5.91 Å². The van der Waals surface area contributed by atoms with Crippen molar-refractivity contribution in [1.82, 2.24) is 5.32 Å². The minimum Gasteiger partial charge on any atom is -0.354 e. The highest BCUT2D eigenvalue weighted by Crippen LogP contribution is 2.43. The minimum atomic E-state index is -0.100. The molecule has 1 saturated carbocycles. The van der Waals surface area contributed by atoms with Crippen molar-refractivity contribution >= 4 is 17.5 Å². The zero-order valence-corrected chi connectivity index (χ0v) is 12.9. The van der Waals surface area contributed by atoms with Crippen LogP contribution in [0.3, 0.4) is 0 Å². The van der Waals surface area contributed by atoms with Crippen molar-refractivity contribution in [2.45, 2.75) is 71.1 Å². The molecule has 106 valence electrons. The van der Waals surface area contributed by atoms with Crippen LogP contribution >= 0.6 is 11.6 Å². The molecular formula is C15H28ClNO. The van der Waals surface area contributed by atoms with E-state index in [-0.39, 0.29) is 16.7 Å². The Bertz CT molecular complexity index is 259. The van der Waals surface area contributed by atoms with Gasteiger partial charge in [-0.2, -0.15) is 0 Å². The Kier molecular flexibility index (Phi) is 6.48. The Balaban J connectivity index is 2.50. The third-order valence-electron chi connectivity index (χ3n) is 3.93. The molecule has 0 heterocycles. The van der Waals surface area contributed by atoms with E-state index in [1.807, 2.05) is 0 Å². The van der Waals surface area contributed by atoms with Crippen molar-refractivity contribution in [3.05, 3.63) is 0 Å². The zero-order chi connectivity index (χ0) is 13.6. The van der Waals surface area contributed by atoms with Crippen LogP contribution in [0.25, 0.3) is 0 Å². The molecule has 2 nitrogen and oxygen atoms in total. The second kappa shape index (κ2) is 7.37. The highest BCUT2D eigenvalue weighted by molar-refractivity contribution is 6.20. The van der Waals surface area contributed by atoms with E-state index in [9.17, 15) is 4.79 Å². The van der Waals surface area contributed by atoms with E-state index in [2.05, 4.69) is 26.1 Å². The SMILES string of the molecule is CCCC(Cl)CNC(=O)C1(CC(C)C)CCCC1. The molecule has 0 spiro atoms. The van der Waals surface area contributed by atoms with E-state index in [1.54, 1.807) is 0 Å². The van der Waals surface area contributed by atoms with Crippen molar-refractivity contribution in [2.75, 3.05) is 6.54 Å². The largest absolute Gasteiger partial charge is 0.354 e. The molecule has 18 heavy (non-hydrogen) atoms. The lowest BCUT2D eigenvalue weighted by Gasteiger charge is -2.30. The fourth-order valence-electron chi connectivity index (χ4n) is 3.16. The summed E-state index contributed by atoms with van der Waals surface area (Å²) in [6, 6.07) is 0. The van der Waals surface area contributed by atoms with Gasteiger partial charge in [-0.3, -0.25) is 4.79 Å². The lowest BCUT2D eigenvalue weighted by atomic mass is 9.77. The van der Waals surface area contributed by atoms with Crippen LogP contribution in [0.5, 0.6) is 0 Å². The summed E-state index contributed by atoms with van der Waals surface area (Å²) in [4.78, 5) is 12.4. The zero-order valence-electron chi connectivity index (χ0n) is 12.1.